The highest BCUT2D eigenvalue weighted by Gasteiger charge is 2.18. The SMILES string of the molecule is CN(c1ccc(CNC(=O)c2ccc(=O)[nH]n2)cc1)C1CCCCC1. The van der Waals surface area contributed by atoms with E-state index in [4.69, 9.17) is 0 Å². The molecular formula is C19H24N4O2. The molecule has 0 spiro atoms. The first-order chi connectivity index (χ1) is 12.1. The van der Waals surface area contributed by atoms with Gasteiger partial charge in [-0.2, -0.15) is 5.10 Å². The fourth-order valence-electron chi connectivity index (χ4n) is 3.27. The lowest BCUT2D eigenvalue weighted by molar-refractivity contribution is 0.0945. The van der Waals surface area contributed by atoms with Gasteiger partial charge >= 0.3 is 0 Å². The summed E-state index contributed by atoms with van der Waals surface area (Å²) in [6.07, 6.45) is 6.52. The summed E-state index contributed by atoms with van der Waals surface area (Å²) >= 11 is 0. The molecule has 25 heavy (non-hydrogen) atoms. The predicted octanol–water partition coefficient (Wildman–Crippen LogP) is 2.47. The molecule has 1 saturated carbocycles. The maximum Gasteiger partial charge on any atom is 0.271 e. The summed E-state index contributed by atoms with van der Waals surface area (Å²) < 4.78 is 0. The monoisotopic (exact) mass is 340 g/mol. The van der Waals surface area contributed by atoms with Gasteiger partial charge in [0.15, 0.2) is 0 Å². The minimum absolute atomic E-state index is 0.202. The molecule has 132 valence electrons. The highest BCUT2D eigenvalue weighted by Crippen LogP contribution is 2.26. The molecule has 1 amide bonds. The molecule has 0 bridgehead atoms. The summed E-state index contributed by atoms with van der Waals surface area (Å²) in [5.41, 5.74) is 2.12. The molecule has 1 aromatic carbocycles. The molecule has 6 heteroatoms. The van der Waals surface area contributed by atoms with Gasteiger partial charge in [-0.25, -0.2) is 5.10 Å². The van der Waals surface area contributed by atoms with Crippen molar-refractivity contribution in [1.29, 1.82) is 0 Å². The van der Waals surface area contributed by atoms with Crippen LogP contribution in [0.5, 0.6) is 0 Å². The van der Waals surface area contributed by atoms with Gasteiger partial charge in [-0.15, -0.1) is 0 Å². The Bertz CT molecular complexity index is 743. The number of hydrogen-bond acceptors (Lipinski definition) is 4. The third-order valence-electron chi connectivity index (χ3n) is 4.83. The van der Waals surface area contributed by atoms with Crippen molar-refractivity contribution in [3.63, 3.8) is 0 Å². The lowest BCUT2D eigenvalue weighted by Gasteiger charge is -2.33. The normalized spacial score (nSPS) is 14.9. The van der Waals surface area contributed by atoms with Gasteiger partial charge in [-0.05, 0) is 36.6 Å². The molecule has 3 rings (SSSR count). The number of hydrogen-bond donors (Lipinski definition) is 2. The molecule has 0 aliphatic heterocycles. The Morgan fingerprint density at radius 1 is 1.16 bits per heavy atom. The van der Waals surface area contributed by atoms with Crippen LogP contribution in [0.4, 0.5) is 5.69 Å². The number of amides is 1. The third-order valence-corrected chi connectivity index (χ3v) is 4.83. The van der Waals surface area contributed by atoms with E-state index in [2.05, 4.69) is 39.6 Å². The molecule has 1 heterocycles. The van der Waals surface area contributed by atoms with Crippen molar-refractivity contribution < 1.29 is 4.79 Å². The van der Waals surface area contributed by atoms with E-state index in [1.54, 1.807) is 0 Å². The fourth-order valence-corrected chi connectivity index (χ4v) is 3.27. The van der Waals surface area contributed by atoms with Gasteiger partial charge in [-0.3, -0.25) is 9.59 Å². The van der Waals surface area contributed by atoms with Crippen molar-refractivity contribution in [2.24, 2.45) is 0 Å². The number of anilines is 1. The standard InChI is InChI=1S/C19H24N4O2/c1-23(15-5-3-2-4-6-15)16-9-7-14(8-10-16)13-20-19(25)17-11-12-18(24)22-21-17/h7-12,15H,2-6,13H2,1H3,(H,20,25)(H,22,24). The van der Waals surface area contributed by atoms with E-state index in [0.29, 0.717) is 12.6 Å². The second-order valence-corrected chi connectivity index (χ2v) is 6.56. The Kier molecular flexibility index (Phi) is 5.48. The highest BCUT2D eigenvalue weighted by atomic mass is 16.2. The predicted molar refractivity (Wildman–Crippen MR) is 97.7 cm³/mol. The van der Waals surface area contributed by atoms with Crippen LogP contribution >= 0.6 is 0 Å². The second kappa shape index (κ2) is 7.96. The smallest absolute Gasteiger partial charge is 0.271 e. The van der Waals surface area contributed by atoms with Crippen LogP contribution in [-0.2, 0) is 6.54 Å². The molecule has 0 saturated heterocycles. The lowest BCUT2D eigenvalue weighted by atomic mass is 9.94. The van der Waals surface area contributed by atoms with Crippen LogP contribution in [0, 0.1) is 0 Å². The number of carbonyl (C=O) groups is 1. The van der Waals surface area contributed by atoms with E-state index in [1.165, 1.54) is 49.9 Å². The molecule has 2 aromatic rings. The lowest BCUT2D eigenvalue weighted by Crippen LogP contribution is -2.33. The molecule has 0 radical (unpaired) electrons. The number of nitrogens with zero attached hydrogens (tertiary/aromatic N) is 2. The van der Waals surface area contributed by atoms with E-state index in [-0.39, 0.29) is 17.2 Å². The van der Waals surface area contributed by atoms with Crippen LogP contribution in [-0.4, -0.2) is 29.2 Å². The van der Waals surface area contributed by atoms with Crippen molar-refractivity contribution >= 4 is 11.6 Å². The molecule has 1 aliphatic rings. The van der Waals surface area contributed by atoms with E-state index >= 15 is 0 Å². The average molecular weight is 340 g/mol. The largest absolute Gasteiger partial charge is 0.372 e. The van der Waals surface area contributed by atoms with Crippen molar-refractivity contribution in [1.82, 2.24) is 15.5 Å². The zero-order chi connectivity index (χ0) is 17.6. The van der Waals surface area contributed by atoms with Gasteiger partial charge in [0.25, 0.3) is 11.5 Å². The number of aromatic amines is 1. The van der Waals surface area contributed by atoms with Crippen molar-refractivity contribution in [2.45, 2.75) is 44.7 Å². The van der Waals surface area contributed by atoms with Crippen molar-refractivity contribution in [2.75, 3.05) is 11.9 Å². The minimum Gasteiger partial charge on any atom is -0.372 e. The first-order valence-electron chi connectivity index (χ1n) is 8.79. The maximum atomic E-state index is 12.0. The molecule has 0 atom stereocenters. The zero-order valence-electron chi connectivity index (χ0n) is 14.5. The number of benzene rings is 1. The van der Waals surface area contributed by atoms with Gasteiger partial charge in [0.2, 0.25) is 0 Å². The van der Waals surface area contributed by atoms with Gasteiger partial charge in [-0.1, -0.05) is 31.4 Å². The first kappa shape index (κ1) is 17.2. The zero-order valence-corrected chi connectivity index (χ0v) is 14.5. The van der Waals surface area contributed by atoms with Crippen LogP contribution in [0.25, 0.3) is 0 Å². The van der Waals surface area contributed by atoms with Gasteiger partial charge in [0.05, 0.1) is 0 Å². The number of aromatic nitrogens is 2. The third kappa shape index (κ3) is 4.47. The van der Waals surface area contributed by atoms with Crippen LogP contribution in [0.3, 0.4) is 0 Å². The highest BCUT2D eigenvalue weighted by molar-refractivity contribution is 5.91. The Labute approximate surface area is 147 Å². The molecule has 1 aromatic heterocycles. The molecule has 6 nitrogen and oxygen atoms in total. The number of nitrogens with one attached hydrogen (secondary N) is 2. The van der Waals surface area contributed by atoms with Gasteiger partial charge in [0.1, 0.15) is 5.69 Å². The Morgan fingerprint density at radius 3 is 2.52 bits per heavy atom. The summed E-state index contributed by atoms with van der Waals surface area (Å²) in [4.78, 5) is 25.3. The number of H-pyrrole nitrogens is 1. The van der Waals surface area contributed by atoms with Crippen LogP contribution in [0.1, 0.15) is 48.2 Å². The summed E-state index contributed by atoms with van der Waals surface area (Å²) in [6, 6.07) is 11.6. The molecule has 0 unspecified atom stereocenters. The number of carbonyl (C=O) groups excluding carboxylic acids is 1. The second-order valence-electron chi connectivity index (χ2n) is 6.56. The summed E-state index contributed by atoms with van der Waals surface area (Å²) in [6.45, 7) is 0.424. The van der Waals surface area contributed by atoms with E-state index in [9.17, 15) is 9.59 Å². The van der Waals surface area contributed by atoms with Gasteiger partial charge in [0, 0.05) is 31.4 Å². The summed E-state index contributed by atoms with van der Waals surface area (Å²) in [7, 11) is 2.16. The van der Waals surface area contributed by atoms with Crippen LogP contribution in [0.15, 0.2) is 41.2 Å². The Morgan fingerprint density at radius 2 is 1.88 bits per heavy atom. The first-order valence-corrected chi connectivity index (χ1v) is 8.79. The number of rotatable bonds is 5. The molecule has 1 aliphatic carbocycles. The molecular weight excluding hydrogens is 316 g/mol. The maximum absolute atomic E-state index is 12.0. The van der Waals surface area contributed by atoms with Crippen LogP contribution < -0.4 is 15.8 Å². The van der Waals surface area contributed by atoms with E-state index in [1.807, 2.05) is 12.1 Å². The Balaban J connectivity index is 1.56. The van der Waals surface area contributed by atoms with E-state index in [0.717, 1.165) is 5.56 Å². The Hall–Kier alpha value is -2.63. The molecule has 1 fully saturated rings. The van der Waals surface area contributed by atoms with Crippen molar-refractivity contribution in [3.8, 4) is 0 Å². The van der Waals surface area contributed by atoms with Crippen molar-refractivity contribution in [3.05, 3.63) is 58.0 Å². The summed E-state index contributed by atoms with van der Waals surface area (Å²) in [5, 5.41) is 8.79. The average Bonchev–Trinajstić information content (AvgIpc) is 2.67. The fraction of sp³-hybridized carbons (Fsp3) is 0.421. The minimum atomic E-state index is -0.325. The topological polar surface area (TPSA) is 78.1 Å². The molecule has 2 N–H and O–H groups in total. The van der Waals surface area contributed by atoms with E-state index < -0.39 is 0 Å². The summed E-state index contributed by atoms with van der Waals surface area (Å²) in [5.74, 6) is -0.306. The quantitative estimate of drug-likeness (QED) is 0.876. The van der Waals surface area contributed by atoms with Crippen LogP contribution in [0.2, 0.25) is 0 Å². The van der Waals surface area contributed by atoms with Gasteiger partial charge < -0.3 is 10.2 Å².